The van der Waals surface area contributed by atoms with E-state index in [2.05, 4.69) is 5.32 Å². The molecule has 1 N–H and O–H groups in total. The highest BCUT2D eigenvalue weighted by molar-refractivity contribution is 5.76. The van der Waals surface area contributed by atoms with Gasteiger partial charge < -0.3 is 15.0 Å². The van der Waals surface area contributed by atoms with Crippen LogP contribution in [0, 0.1) is 5.92 Å². The molecule has 0 spiro atoms. The van der Waals surface area contributed by atoms with Crippen molar-refractivity contribution in [2.45, 2.75) is 33.6 Å². The Morgan fingerprint density at radius 2 is 2.00 bits per heavy atom. The van der Waals surface area contributed by atoms with Gasteiger partial charge in [-0.05, 0) is 30.0 Å². The maximum atomic E-state index is 11.7. The Bertz CT molecular complexity index is 515. The molecule has 0 aliphatic carbocycles. The summed E-state index contributed by atoms with van der Waals surface area (Å²) >= 11 is 0. The Hall–Kier alpha value is -2.04. The Kier molecular flexibility index (Phi) is 8.16. The van der Waals surface area contributed by atoms with Crippen molar-refractivity contribution in [3.63, 3.8) is 0 Å². The number of amides is 2. The SMILES string of the molecule is COc1cccc(CCN(CCNC(=O)CC(C)C)C(C)=O)c1. The number of nitrogens with zero attached hydrogens (tertiary/aromatic N) is 1. The van der Waals surface area contributed by atoms with Gasteiger partial charge in [-0.3, -0.25) is 9.59 Å². The minimum atomic E-state index is 0.0194. The van der Waals surface area contributed by atoms with Crippen molar-refractivity contribution in [1.82, 2.24) is 10.2 Å². The third-order valence-corrected chi connectivity index (χ3v) is 3.55. The predicted molar refractivity (Wildman–Crippen MR) is 91.4 cm³/mol. The van der Waals surface area contributed by atoms with Crippen LogP contribution in [0.15, 0.2) is 24.3 Å². The molecule has 0 aromatic heterocycles. The van der Waals surface area contributed by atoms with Crippen LogP contribution >= 0.6 is 0 Å². The second-order valence-corrected chi connectivity index (χ2v) is 6.06. The molecule has 0 atom stereocenters. The molecule has 23 heavy (non-hydrogen) atoms. The van der Waals surface area contributed by atoms with E-state index >= 15 is 0 Å². The summed E-state index contributed by atoms with van der Waals surface area (Å²) in [6, 6.07) is 7.84. The van der Waals surface area contributed by atoms with E-state index in [0.29, 0.717) is 32.0 Å². The fourth-order valence-electron chi connectivity index (χ4n) is 2.29. The van der Waals surface area contributed by atoms with Gasteiger partial charge >= 0.3 is 0 Å². The highest BCUT2D eigenvalue weighted by Gasteiger charge is 2.10. The number of benzene rings is 1. The van der Waals surface area contributed by atoms with Crippen molar-refractivity contribution < 1.29 is 14.3 Å². The fourth-order valence-corrected chi connectivity index (χ4v) is 2.29. The molecule has 1 rings (SSSR count). The van der Waals surface area contributed by atoms with Crippen molar-refractivity contribution >= 4 is 11.8 Å². The van der Waals surface area contributed by atoms with Gasteiger partial charge in [-0.25, -0.2) is 0 Å². The zero-order valence-corrected chi connectivity index (χ0v) is 14.6. The van der Waals surface area contributed by atoms with Crippen LogP contribution in [0.1, 0.15) is 32.8 Å². The van der Waals surface area contributed by atoms with Gasteiger partial charge in [0.25, 0.3) is 0 Å². The van der Waals surface area contributed by atoms with Crippen molar-refractivity contribution in [1.29, 1.82) is 0 Å². The van der Waals surface area contributed by atoms with Crippen molar-refractivity contribution in [2.24, 2.45) is 5.92 Å². The van der Waals surface area contributed by atoms with Crippen molar-refractivity contribution in [2.75, 3.05) is 26.7 Å². The van der Waals surface area contributed by atoms with Crippen LogP contribution < -0.4 is 10.1 Å². The third-order valence-electron chi connectivity index (χ3n) is 3.55. The van der Waals surface area contributed by atoms with Gasteiger partial charge in [0, 0.05) is 33.0 Å². The number of ether oxygens (including phenoxy) is 1. The summed E-state index contributed by atoms with van der Waals surface area (Å²) in [5, 5.41) is 2.86. The zero-order chi connectivity index (χ0) is 17.2. The summed E-state index contributed by atoms with van der Waals surface area (Å²) in [5.74, 6) is 1.21. The minimum Gasteiger partial charge on any atom is -0.497 e. The molecule has 2 amide bonds. The van der Waals surface area contributed by atoms with Crippen molar-refractivity contribution in [3.8, 4) is 5.75 Å². The highest BCUT2D eigenvalue weighted by atomic mass is 16.5. The van der Waals surface area contributed by atoms with E-state index in [1.54, 1.807) is 18.9 Å². The molecule has 1 aromatic rings. The Balaban J connectivity index is 2.43. The van der Waals surface area contributed by atoms with Gasteiger partial charge in [-0.15, -0.1) is 0 Å². The first kappa shape index (κ1) is 19.0. The van der Waals surface area contributed by atoms with Crippen LogP contribution in [0.2, 0.25) is 0 Å². The first-order valence-corrected chi connectivity index (χ1v) is 8.07. The quantitative estimate of drug-likeness (QED) is 0.759. The van der Waals surface area contributed by atoms with Crippen LogP contribution in [0.3, 0.4) is 0 Å². The lowest BCUT2D eigenvalue weighted by molar-refractivity contribution is -0.129. The molecule has 0 radical (unpaired) electrons. The molecule has 5 nitrogen and oxygen atoms in total. The fraction of sp³-hybridized carbons (Fsp3) is 0.556. The molecule has 1 aromatic carbocycles. The number of methoxy groups -OCH3 is 1. The zero-order valence-electron chi connectivity index (χ0n) is 14.6. The van der Waals surface area contributed by atoms with E-state index in [-0.39, 0.29) is 11.8 Å². The molecule has 0 unspecified atom stereocenters. The van der Waals surface area contributed by atoms with Gasteiger partial charge in [-0.1, -0.05) is 26.0 Å². The average molecular weight is 320 g/mol. The molecule has 5 heteroatoms. The van der Waals surface area contributed by atoms with E-state index in [1.165, 1.54) is 0 Å². The van der Waals surface area contributed by atoms with E-state index in [0.717, 1.165) is 17.7 Å². The number of nitrogens with one attached hydrogen (secondary N) is 1. The topological polar surface area (TPSA) is 58.6 Å². The Morgan fingerprint density at radius 3 is 2.61 bits per heavy atom. The maximum Gasteiger partial charge on any atom is 0.220 e. The smallest absolute Gasteiger partial charge is 0.220 e. The molecular formula is C18H28N2O3. The molecule has 0 aliphatic heterocycles. The van der Waals surface area contributed by atoms with Gasteiger partial charge in [-0.2, -0.15) is 0 Å². The summed E-state index contributed by atoms with van der Waals surface area (Å²) < 4.78 is 5.20. The second-order valence-electron chi connectivity index (χ2n) is 6.06. The molecule has 0 bridgehead atoms. The standard InChI is InChI=1S/C18H28N2O3/c1-14(2)12-18(22)19-9-11-20(15(3)21)10-8-16-6-5-7-17(13-16)23-4/h5-7,13-14H,8-12H2,1-4H3,(H,19,22). The summed E-state index contributed by atoms with van der Waals surface area (Å²) in [6.07, 6.45) is 1.28. The molecule has 0 heterocycles. The highest BCUT2D eigenvalue weighted by Crippen LogP contribution is 2.13. The molecular weight excluding hydrogens is 292 g/mol. The van der Waals surface area contributed by atoms with Gasteiger partial charge in [0.15, 0.2) is 0 Å². The van der Waals surface area contributed by atoms with Crippen molar-refractivity contribution in [3.05, 3.63) is 29.8 Å². The molecule has 0 saturated heterocycles. The number of carbonyl (C=O) groups is 2. The van der Waals surface area contributed by atoms with E-state index < -0.39 is 0 Å². The number of hydrogen-bond acceptors (Lipinski definition) is 3. The molecule has 0 saturated carbocycles. The lowest BCUT2D eigenvalue weighted by Gasteiger charge is -2.21. The van der Waals surface area contributed by atoms with Crippen LogP contribution in [-0.2, 0) is 16.0 Å². The molecule has 0 aliphatic rings. The number of carbonyl (C=O) groups excluding carboxylic acids is 2. The van der Waals surface area contributed by atoms with Crippen LogP contribution in [0.25, 0.3) is 0 Å². The molecule has 0 fully saturated rings. The lowest BCUT2D eigenvalue weighted by Crippen LogP contribution is -2.38. The average Bonchev–Trinajstić information content (AvgIpc) is 2.49. The molecule has 128 valence electrons. The van der Waals surface area contributed by atoms with Gasteiger partial charge in [0.05, 0.1) is 7.11 Å². The third kappa shape index (κ3) is 7.68. The summed E-state index contributed by atoms with van der Waals surface area (Å²) in [5.41, 5.74) is 1.12. The normalized spacial score (nSPS) is 10.5. The first-order valence-electron chi connectivity index (χ1n) is 8.07. The maximum absolute atomic E-state index is 11.7. The monoisotopic (exact) mass is 320 g/mol. The summed E-state index contributed by atoms with van der Waals surface area (Å²) in [7, 11) is 1.64. The number of hydrogen-bond donors (Lipinski definition) is 1. The van der Waals surface area contributed by atoms with Gasteiger partial charge in [0.2, 0.25) is 11.8 Å². The lowest BCUT2D eigenvalue weighted by atomic mass is 10.1. The van der Waals surface area contributed by atoms with Crippen LogP contribution in [0.5, 0.6) is 5.75 Å². The van der Waals surface area contributed by atoms with E-state index in [4.69, 9.17) is 4.74 Å². The minimum absolute atomic E-state index is 0.0194. The van der Waals surface area contributed by atoms with Crippen LogP contribution in [-0.4, -0.2) is 43.5 Å². The first-order chi connectivity index (χ1) is 10.9. The predicted octanol–water partition coefficient (Wildman–Crippen LogP) is 2.25. The Labute approximate surface area is 139 Å². The van der Waals surface area contributed by atoms with E-state index in [9.17, 15) is 9.59 Å². The Morgan fingerprint density at radius 1 is 1.26 bits per heavy atom. The number of rotatable bonds is 9. The second kappa shape index (κ2) is 9.87. The van der Waals surface area contributed by atoms with Gasteiger partial charge in [0.1, 0.15) is 5.75 Å². The van der Waals surface area contributed by atoms with E-state index in [1.807, 2.05) is 38.1 Å². The van der Waals surface area contributed by atoms with Crippen LogP contribution in [0.4, 0.5) is 0 Å². The summed E-state index contributed by atoms with van der Waals surface area (Å²) in [6.45, 7) is 7.22. The largest absolute Gasteiger partial charge is 0.497 e. The summed E-state index contributed by atoms with van der Waals surface area (Å²) in [4.78, 5) is 25.1.